The van der Waals surface area contributed by atoms with Crippen LogP contribution in [-0.2, 0) is 14.8 Å². The molecule has 0 aliphatic heterocycles. The molecule has 4 rings (SSSR count). The molecule has 0 atom stereocenters. The van der Waals surface area contributed by atoms with Crippen molar-refractivity contribution in [2.75, 3.05) is 0 Å². The number of nitrogens with zero attached hydrogens (tertiary/aromatic N) is 1. The number of hydrogen-bond acceptors (Lipinski definition) is 5. The van der Waals surface area contributed by atoms with E-state index in [1.807, 2.05) is 0 Å². The Morgan fingerprint density at radius 3 is 2.50 bits per heavy atom. The molecule has 1 fully saturated rings. The Bertz CT molecular complexity index is 1400. The number of carbonyl (C=O) groups is 1. The number of imidazole rings is 1. The van der Waals surface area contributed by atoms with Crippen LogP contribution in [0.5, 0.6) is 0 Å². The van der Waals surface area contributed by atoms with Crippen molar-refractivity contribution in [1.29, 1.82) is 0 Å². The van der Waals surface area contributed by atoms with E-state index in [4.69, 9.17) is 4.74 Å². The molecule has 0 saturated heterocycles. The highest BCUT2D eigenvalue weighted by atomic mass is 79.9. The standard InChI is InChI=1S/C25H28BrFN4O4S/c1-14-5-6-16(23-28-13-21(30-23)15-7-8-19(26)20(27)9-15)10-22(14)36(33,34)31-18-11-17(12-18)29-24(32)35-25(2,3)4/h5-10,13,17-18,31H,11-12H2,1-4H3,(H,28,30)(H,29,32). The van der Waals surface area contributed by atoms with Crippen LogP contribution in [0.1, 0.15) is 39.2 Å². The van der Waals surface area contributed by atoms with Gasteiger partial charge in [-0.2, -0.15) is 0 Å². The minimum Gasteiger partial charge on any atom is -0.444 e. The van der Waals surface area contributed by atoms with Gasteiger partial charge < -0.3 is 15.0 Å². The van der Waals surface area contributed by atoms with Crippen LogP contribution in [-0.4, -0.2) is 42.2 Å². The van der Waals surface area contributed by atoms with Crippen LogP contribution in [0.15, 0.2) is 52.0 Å². The van der Waals surface area contributed by atoms with Crippen molar-refractivity contribution < 1.29 is 22.3 Å². The second-order valence-electron chi connectivity index (χ2n) is 9.89. The van der Waals surface area contributed by atoms with Gasteiger partial charge in [-0.15, -0.1) is 0 Å². The number of rotatable bonds is 6. The highest BCUT2D eigenvalue weighted by Crippen LogP contribution is 2.29. The first-order valence-electron chi connectivity index (χ1n) is 11.4. The van der Waals surface area contributed by atoms with E-state index in [9.17, 15) is 17.6 Å². The summed E-state index contributed by atoms with van der Waals surface area (Å²) in [5.41, 5.74) is 1.81. The highest BCUT2D eigenvalue weighted by molar-refractivity contribution is 9.10. The van der Waals surface area contributed by atoms with Crippen LogP contribution in [0.2, 0.25) is 0 Å². The molecule has 1 saturated carbocycles. The fraction of sp³-hybridized carbons (Fsp3) is 0.360. The molecule has 1 aromatic heterocycles. The minimum atomic E-state index is -3.81. The number of carbonyl (C=O) groups excluding carboxylic acids is 1. The van der Waals surface area contributed by atoms with E-state index in [-0.39, 0.29) is 17.0 Å². The summed E-state index contributed by atoms with van der Waals surface area (Å²) in [5.74, 6) is 0.0769. The molecule has 36 heavy (non-hydrogen) atoms. The predicted molar refractivity (Wildman–Crippen MR) is 138 cm³/mol. The molecule has 0 spiro atoms. The maximum absolute atomic E-state index is 13.9. The van der Waals surface area contributed by atoms with Gasteiger partial charge in [-0.05, 0) is 80.2 Å². The average Bonchev–Trinajstić information content (AvgIpc) is 3.23. The number of alkyl carbamates (subject to hydrolysis) is 1. The number of aryl methyl sites for hydroxylation is 1. The third-order valence-corrected chi connectivity index (χ3v) is 8.04. The molecule has 11 heteroatoms. The summed E-state index contributed by atoms with van der Waals surface area (Å²) in [5, 5.41) is 2.76. The number of aromatic nitrogens is 2. The number of aromatic amines is 1. The Balaban J connectivity index is 1.45. The molecule has 2 aromatic carbocycles. The van der Waals surface area contributed by atoms with Crippen molar-refractivity contribution in [2.24, 2.45) is 0 Å². The minimum absolute atomic E-state index is 0.148. The second kappa shape index (κ2) is 9.95. The first-order valence-corrected chi connectivity index (χ1v) is 13.7. The molecular formula is C25H28BrFN4O4S. The molecule has 1 heterocycles. The molecule has 1 amide bonds. The monoisotopic (exact) mass is 578 g/mol. The van der Waals surface area contributed by atoms with Gasteiger partial charge in [0.15, 0.2) is 0 Å². The summed E-state index contributed by atoms with van der Waals surface area (Å²) in [7, 11) is -3.81. The quantitative estimate of drug-likeness (QED) is 0.368. The van der Waals surface area contributed by atoms with Gasteiger partial charge in [0, 0.05) is 23.2 Å². The summed E-state index contributed by atoms with van der Waals surface area (Å²) >= 11 is 3.14. The average molecular weight is 579 g/mol. The van der Waals surface area contributed by atoms with Crippen LogP contribution in [0.4, 0.5) is 9.18 Å². The van der Waals surface area contributed by atoms with Crippen molar-refractivity contribution >= 4 is 32.0 Å². The molecule has 3 aromatic rings. The summed E-state index contributed by atoms with van der Waals surface area (Å²) in [6.07, 6.45) is 2.02. The third-order valence-electron chi connectivity index (χ3n) is 5.74. The van der Waals surface area contributed by atoms with E-state index in [0.717, 1.165) is 0 Å². The van der Waals surface area contributed by atoms with Gasteiger partial charge in [-0.25, -0.2) is 27.3 Å². The van der Waals surface area contributed by atoms with E-state index in [1.54, 1.807) is 64.2 Å². The third kappa shape index (κ3) is 6.13. The number of H-pyrrole nitrogens is 1. The molecule has 192 valence electrons. The van der Waals surface area contributed by atoms with Crippen LogP contribution in [0, 0.1) is 12.7 Å². The maximum Gasteiger partial charge on any atom is 0.407 e. The van der Waals surface area contributed by atoms with Crippen LogP contribution < -0.4 is 10.0 Å². The Morgan fingerprint density at radius 2 is 1.83 bits per heavy atom. The van der Waals surface area contributed by atoms with Crippen LogP contribution >= 0.6 is 15.9 Å². The second-order valence-corrected chi connectivity index (χ2v) is 12.4. The zero-order chi connectivity index (χ0) is 26.3. The van der Waals surface area contributed by atoms with Gasteiger partial charge >= 0.3 is 6.09 Å². The smallest absolute Gasteiger partial charge is 0.407 e. The summed E-state index contributed by atoms with van der Waals surface area (Å²) in [4.78, 5) is 19.6. The molecule has 1 aliphatic rings. The van der Waals surface area contributed by atoms with E-state index >= 15 is 0 Å². The van der Waals surface area contributed by atoms with Gasteiger partial charge in [-0.1, -0.05) is 18.2 Å². The fourth-order valence-electron chi connectivity index (χ4n) is 3.90. The predicted octanol–water partition coefficient (Wildman–Crippen LogP) is 5.29. The molecule has 0 bridgehead atoms. The Morgan fingerprint density at radius 1 is 1.14 bits per heavy atom. The number of halogens is 2. The zero-order valence-electron chi connectivity index (χ0n) is 20.4. The summed E-state index contributed by atoms with van der Waals surface area (Å²) in [6.45, 7) is 7.07. The number of hydrogen-bond donors (Lipinski definition) is 3. The molecule has 8 nitrogen and oxygen atoms in total. The Hall–Kier alpha value is -2.76. The zero-order valence-corrected chi connectivity index (χ0v) is 22.8. The van der Waals surface area contributed by atoms with Gasteiger partial charge in [0.05, 0.1) is 21.3 Å². The van der Waals surface area contributed by atoms with Gasteiger partial charge in [0.25, 0.3) is 0 Å². The van der Waals surface area contributed by atoms with Gasteiger partial charge in [-0.3, -0.25) is 0 Å². The first kappa shape index (κ1) is 26.3. The lowest BCUT2D eigenvalue weighted by atomic mass is 9.88. The molecule has 3 N–H and O–H groups in total. The van der Waals surface area contributed by atoms with E-state index in [2.05, 4.69) is 35.9 Å². The van der Waals surface area contributed by atoms with E-state index < -0.39 is 27.5 Å². The van der Waals surface area contributed by atoms with Crippen molar-refractivity contribution in [1.82, 2.24) is 20.0 Å². The largest absolute Gasteiger partial charge is 0.444 e. The lowest BCUT2D eigenvalue weighted by Crippen LogP contribution is -2.54. The lowest BCUT2D eigenvalue weighted by Gasteiger charge is -2.36. The first-order chi connectivity index (χ1) is 16.8. The van der Waals surface area contributed by atoms with Crippen molar-refractivity contribution in [3.8, 4) is 22.6 Å². The summed E-state index contributed by atoms with van der Waals surface area (Å²) < 4.78 is 48.6. The van der Waals surface area contributed by atoms with Crippen LogP contribution in [0.3, 0.4) is 0 Å². The lowest BCUT2D eigenvalue weighted by molar-refractivity contribution is 0.0470. The Kier molecular flexibility index (Phi) is 7.27. The molecule has 0 unspecified atom stereocenters. The van der Waals surface area contributed by atoms with Crippen molar-refractivity contribution in [3.63, 3.8) is 0 Å². The fourth-order valence-corrected chi connectivity index (χ4v) is 5.68. The van der Waals surface area contributed by atoms with Gasteiger partial charge in [0.2, 0.25) is 10.0 Å². The topological polar surface area (TPSA) is 113 Å². The molecule has 1 aliphatic carbocycles. The number of benzene rings is 2. The maximum atomic E-state index is 13.9. The van der Waals surface area contributed by atoms with Crippen molar-refractivity contribution in [2.45, 2.75) is 63.1 Å². The van der Waals surface area contributed by atoms with Crippen molar-refractivity contribution in [3.05, 3.63) is 58.4 Å². The number of sulfonamides is 1. The van der Waals surface area contributed by atoms with Crippen LogP contribution in [0.25, 0.3) is 22.6 Å². The normalized spacial score (nSPS) is 17.9. The summed E-state index contributed by atoms with van der Waals surface area (Å²) in [6, 6.07) is 9.38. The van der Waals surface area contributed by atoms with E-state index in [1.165, 1.54) is 6.07 Å². The number of amides is 1. The SMILES string of the molecule is Cc1ccc(-c2ncc(-c3ccc(Br)c(F)c3)[nH]2)cc1S(=O)(=O)NC1CC(NC(=O)OC(C)(C)C)C1. The highest BCUT2D eigenvalue weighted by Gasteiger charge is 2.35. The molecule has 0 radical (unpaired) electrons. The van der Waals surface area contributed by atoms with E-state index in [0.29, 0.717) is 45.5 Å². The van der Waals surface area contributed by atoms with Gasteiger partial charge in [0.1, 0.15) is 17.2 Å². The number of ether oxygens (including phenoxy) is 1. The molecular weight excluding hydrogens is 551 g/mol. The number of nitrogens with one attached hydrogen (secondary N) is 3. The Labute approximate surface area is 218 Å².